The summed E-state index contributed by atoms with van der Waals surface area (Å²) in [5, 5.41) is 17.6. The van der Waals surface area contributed by atoms with Crippen LogP contribution in [-0.2, 0) is 0 Å². The van der Waals surface area contributed by atoms with E-state index < -0.39 is 0 Å². The van der Waals surface area contributed by atoms with Gasteiger partial charge in [-0.25, -0.2) is 0 Å². The normalized spacial score (nSPS) is 9.17. The number of carbonyl (C=O) groups is 2. The molecule has 94 valence electrons. The van der Waals surface area contributed by atoms with Crippen LogP contribution in [-0.4, -0.2) is 22.8 Å². The zero-order valence-electron chi connectivity index (χ0n) is 9.66. The van der Waals surface area contributed by atoms with Crippen LogP contribution < -0.4 is 0 Å². The molecule has 1 aromatic carbocycles. The Hall–Kier alpha value is -2.56. The van der Waals surface area contributed by atoms with Gasteiger partial charge in [0.15, 0.2) is 23.5 Å². The molecule has 5 nitrogen and oxygen atoms in total. The first-order chi connectivity index (χ1) is 8.56. The minimum atomic E-state index is -0.274. The van der Waals surface area contributed by atoms with Gasteiger partial charge < -0.3 is 14.6 Å². The quantitative estimate of drug-likeness (QED) is 0.629. The highest BCUT2D eigenvalue weighted by atomic mass is 16.3. The molecule has 0 aliphatic rings. The van der Waals surface area contributed by atoms with Crippen molar-refractivity contribution in [2.45, 2.75) is 6.92 Å². The number of aryl methyl sites for hydroxylation is 1. The van der Waals surface area contributed by atoms with Crippen molar-refractivity contribution in [3.8, 4) is 11.5 Å². The van der Waals surface area contributed by atoms with Crippen LogP contribution in [0.4, 0.5) is 0 Å². The standard InChI is InChI=1S/C7H6O3.C6H6O2/c8-4-5-1-2-6(9)7(10)3-5;1-5-2-3-6(4-7)8-5/h1-4,9-10H;2-4H,1H3. The molecule has 0 saturated heterocycles. The predicted octanol–water partition coefficient (Wildman–Crippen LogP) is 2.31. The lowest BCUT2D eigenvalue weighted by Gasteiger charge is -1.95. The van der Waals surface area contributed by atoms with Gasteiger partial charge in [0.2, 0.25) is 0 Å². The maximum atomic E-state index is 10.1. The number of aromatic hydroxyl groups is 2. The van der Waals surface area contributed by atoms with E-state index in [4.69, 9.17) is 14.6 Å². The predicted molar refractivity (Wildman–Crippen MR) is 64.0 cm³/mol. The highest BCUT2D eigenvalue weighted by Crippen LogP contribution is 2.23. The average Bonchev–Trinajstić information content (AvgIpc) is 2.79. The maximum Gasteiger partial charge on any atom is 0.185 e. The summed E-state index contributed by atoms with van der Waals surface area (Å²) >= 11 is 0. The summed E-state index contributed by atoms with van der Waals surface area (Å²) in [6.07, 6.45) is 1.28. The molecule has 0 saturated carbocycles. The Morgan fingerprint density at radius 1 is 1.00 bits per heavy atom. The van der Waals surface area contributed by atoms with Gasteiger partial charge in [0.05, 0.1) is 0 Å². The molecule has 1 heterocycles. The second-order valence-corrected chi connectivity index (χ2v) is 3.43. The van der Waals surface area contributed by atoms with E-state index in [0.717, 1.165) is 5.76 Å². The molecule has 0 atom stereocenters. The van der Waals surface area contributed by atoms with E-state index in [9.17, 15) is 9.59 Å². The number of furan rings is 1. The molecule has 1 aromatic heterocycles. The Balaban J connectivity index is 0.000000184. The molecule has 2 rings (SSSR count). The fourth-order valence-electron chi connectivity index (χ4n) is 1.13. The summed E-state index contributed by atoms with van der Waals surface area (Å²) in [5.41, 5.74) is 0.343. The average molecular weight is 248 g/mol. The molecule has 2 aromatic rings. The summed E-state index contributed by atoms with van der Waals surface area (Å²) < 4.78 is 4.86. The van der Waals surface area contributed by atoms with Gasteiger partial charge in [0.25, 0.3) is 0 Å². The molecule has 0 bridgehead atoms. The molecular formula is C13H12O5. The number of hydrogen-bond donors (Lipinski definition) is 2. The largest absolute Gasteiger partial charge is 0.504 e. The number of phenols is 2. The van der Waals surface area contributed by atoms with Gasteiger partial charge in [-0.1, -0.05) is 0 Å². The monoisotopic (exact) mass is 248 g/mol. The van der Waals surface area contributed by atoms with E-state index >= 15 is 0 Å². The van der Waals surface area contributed by atoms with E-state index in [2.05, 4.69) is 0 Å². The van der Waals surface area contributed by atoms with Crippen molar-refractivity contribution >= 4 is 12.6 Å². The van der Waals surface area contributed by atoms with Crippen molar-refractivity contribution in [2.24, 2.45) is 0 Å². The molecule has 0 radical (unpaired) electrons. The molecule has 18 heavy (non-hydrogen) atoms. The van der Waals surface area contributed by atoms with E-state index in [1.165, 1.54) is 18.2 Å². The van der Waals surface area contributed by atoms with Gasteiger partial charge in [0, 0.05) is 5.56 Å². The maximum absolute atomic E-state index is 10.1. The highest BCUT2D eigenvalue weighted by Gasteiger charge is 1.97. The van der Waals surface area contributed by atoms with Crippen LogP contribution in [0.5, 0.6) is 11.5 Å². The van der Waals surface area contributed by atoms with Gasteiger partial charge >= 0.3 is 0 Å². The van der Waals surface area contributed by atoms with Gasteiger partial charge in [-0.2, -0.15) is 0 Å². The Bertz CT molecular complexity index is 542. The van der Waals surface area contributed by atoms with Crippen LogP contribution in [0.2, 0.25) is 0 Å². The molecule has 0 aliphatic heterocycles. The Morgan fingerprint density at radius 3 is 2.11 bits per heavy atom. The molecular weight excluding hydrogens is 236 g/mol. The topological polar surface area (TPSA) is 87.7 Å². The molecule has 0 aliphatic carbocycles. The first kappa shape index (κ1) is 13.5. The third kappa shape index (κ3) is 3.79. The fourth-order valence-corrected chi connectivity index (χ4v) is 1.13. The van der Waals surface area contributed by atoms with Crippen LogP contribution in [0.1, 0.15) is 26.7 Å². The fraction of sp³-hybridized carbons (Fsp3) is 0.0769. The Labute approximate surface area is 103 Å². The minimum absolute atomic E-state index is 0.217. The van der Waals surface area contributed by atoms with Crippen LogP contribution in [0.25, 0.3) is 0 Å². The van der Waals surface area contributed by atoms with Crippen LogP contribution in [0.3, 0.4) is 0 Å². The van der Waals surface area contributed by atoms with E-state index in [0.29, 0.717) is 23.9 Å². The molecule has 0 amide bonds. The Kier molecular flexibility index (Phi) is 4.68. The summed E-state index contributed by atoms with van der Waals surface area (Å²) in [7, 11) is 0. The van der Waals surface area contributed by atoms with Crippen molar-refractivity contribution in [2.75, 3.05) is 0 Å². The van der Waals surface area contributed by atoms with Gasteiger partial charge in [0.1, 0.15) is 12.0 Å². The minimum Gasteiger partial charge on any atom is -0.504 e. The molecule has 5 heteroatoms. The summed E-state index contributed by atoms with van der Waals surface area (Å²) in [5.74, 6) is 0.671. The van der Waals surface area contributed by atoms with Crippen molar-refractivity contribution in [1.29, 1.82) is 0 Å². The van der Waals surface area contributed by atoms with Crippen molar-refractivity contribution in [1.82, 2.24) is 0 Å². The highest BCUT2D eigenvalue weighted by molar-refractivity contribution is 5.76. The summed E-state index contributed by atoms with van der Waals surface area (Å²) in [6, 6.07) is 7.27. The lowest BCUT2D eigenvalue weighted by Crippen LogP contribution is -1.77. The van der Waals surface area contributed by atoms with E-state index in [1.54, 1.807) is 19.1 Å². The third-order valence-electron chi connectivity index (χ3n) is 2.01. The zero-order valence-corrected chi connectivity index (χ0v) is 9.66. The molecule has 0 unspecified atom stereocenters. The molecule has 0 fully saturated rings. The van der Waals surface area contributed by atoms with Gasteiger partial charge in [-0.05, 0) is 37.3 Å². The third-order valence-corrected chi connectivity index (χ3v) is 2.01. The number of rotatable bonds is 2. The smallest absolute Gasteiger partial charge is 0.185 e. The molecule has 2 N–H and O–H groups in total. The lowest BCUT2D eigenvalue weighted by atomic mass is 10.2. The van der Waals surface area contributed by atoms with Crippen molar-refractivity contribution in [3.05, 3.63) is 47.4 Å². The van der Waals surface area contributed by atoms with E-state index in [-0.39, 0.29) is 11.5 Å². The first-order valence-electron chi connectivity index (χ1n) is 5.05. The number of hydrogen-bond acceptors (Lipinski definition) is 5. The van der Waals surface area contributed by atoms with Crippen LogP contribution >= 0.6 is 0 Å². The van der Waals surface area contributed by atoms with Gasteiger partial charge in [-0.3, -0.25) is 9.59 Å². The van der Waals surface area contributed by atoms with Crippen LogP contribution in [0, 0.1) is 6.92 Å². The second kappa shape index (κ2) is 6.24. The zero-order chi connectivity index (χ0) is 13.5. The summed E-state index contributed by atoms with van der Waals surface area (Å²) in [6.45, 7) is 1.80. The summed E-state index contributed by atoms with van der Waals surface area (Å²) in [4.78, 5) is 20.0. The van der Waals surface area contributed by atoms with Crippen molar-refractivity contribution < 1.29 is 24.2 Å². The lowest BCUT2D eigenvalue weighted by molar-refractivity contribution is 0.109. The number of phenolic OH excluding ortho intramolecular Hbond substituents is 2. The number of carbonyl (C=O) groups excluding carboxylic acids is 2. The second-order valence-electron chi connectivity index (χ2n) is 3.43. The Morgan fingerprint density at radius 2 is 1.72 bits per heavy atom. The van der Waals surface area contributed by atoms with Crippen molar-refractivity contribution in [3.63, 3.8) is 0 Å². The number of aldehydes is 2. The van der Waals surface area contributed by atoms with E-state index in [1.807, 2.05) is 0 Å². The van der Waals surface area contributed by atoms with Crippen LogP contribution in [0.15, 0.2) is 34.7 Å². The molecule has 0 spiro atoms. The van der Waals surface area contributed by atoms with Gasteiger partial charge in [-0.15, -0.1) is 0 Å². The first-order valence-corrected chi connectivity index (χ1v) is 5.05. The SMILES string of the molecule is Cc1ccc(C=O)o1.O=Cc1ccc(O)c(O)c1. The number of benzene rings is 1.